The monoisotopic (exact) mass is 528 g/mol. The van der Waals surface area contributed by atoms with Gasteiger partial charge in [0.1, 0.15) is 11.3 Å². The van der Waals surface area contributed by atoms with E-state index >= 15 is 0 Å². The average Bonchev–Trinajstić information content (AvgIpc) is 2.58. The van der Waals surface area contributed by atoms with Crippen LogP contribution >= 0.6 is 28.3 Å². The number of amides is 1. The van der Waals surface area contributed by atoms with E-state index in [0.29, 0.717) is 4.90 Å². The zero-order valence-corrected chi connectivity index (χ0v) is 17.6. The molecule has 1 aliphatic rings. The van der Waals surface area contributed by atoms with Crippen molar-refractivity contribution >= 4 is 45.6 Å². The molecule has 1 saturated heterocycles. The number of halogens is 8. The molecule has 7 nitrogen and oxygen atoms in total. The minimum absolute atomic E-state index is 0. The Morgan fingerprint density at radius 1 is 1.33 bits per heavy atom. The number of hydrogen-bond acceptors (Lipinski definition) is 5. The summed E-state index contributed by atoms with van der Waals surface area (Å²) in [4.78, 5) is 23.1. The fourth-order valence-corrected chi connectivity index (χ4v) is 3.62. The van der Waals surface area contributed by atoms with E-state index in [-0.39, 0.29) is 32.0 Å². The van der Waals surface area contributed by atoms with Crippen LogP contribution in [0.15, 0.2) is 16.6 Å². The second-order valence-electron chi connectivity index (χ2n) is 6.33. The van der Waals surface area contributed by atoms with Crippen molar-refractivity contribution in [3.63, 3.8) is 0 Å². The fraction of sp³-hybridized carbons (Fsp3) is 0.533. The van der Waals surface area contributed by atoms with Gasteiger partial charge in [-0.3, -0.25) is 14.9 Å². The van der Waals surface area contributed by atoms with Gasteiger partial charge in [-0.25, -0.2) is 0 Å². The molecule has 0 aromatic heterocycles. The molecule has 1 heterocycles. The van der Waals surface area contributed by atoms with Crippen LogP contribution in [-0.2, 0) is 11.0 Å². The standard InChI is InChI=1S/C15H15BrF6N4O3.ClH/c1-24(13(27)15(20,21)22)6-8-7-25(5-4-23-8)12-10(26(28)29)3-2-9(16)11(12)14(17,18)19;/h2-3,8,23H,4-7H2,1H3;1H/t8-;/m0./s1. The summed E-state index contributed by atoms with van der Waals surface area (Å²) in [6, 6.07) is 1.00. The van der Waals surface area contributed by atoms with Crippen LogP contribution in [0.1, 0.15) is 5.56 Å². The first-order valence-corrected chi connectivity index (χ1v) is 8.87. The molecule has 0 unspecified atom stereocenters. The number of hydrogen-bond donors (Lipinski definition) is 1. The molecule has 0 saturated carbocycles. The summed E-state index contributed by atoms with van der Waals surface area (Å²) in [5.74, 6) is -2.10. The molecule has 170 valence electrons. The highest BCUT2D eigenvalue weighted by Gasteiger charge is 2.44. The number of nitrogens with zero attached hydrogens (tertiary/aromatic N) is 3. The second kappa shape index (κ2) is 9.56. The smallest absolute Gasteiger partial charge is 0.363 e. The molecular weight excluding hydrogens is 514 g/mol. The van der Waals surface area contributed by atoms with Crippen LogP contribution in [0, 0.1) is 10.1 Å². The SMILES string of the molecule is CN(C[C@H]1CN(c2c([N+](=O)[O-])ccc(Br)c2C(F)(F)F)CCN1)C(=O)C(F)(F)F.Cl. The number of benzene rings is 1. The van der Waals surface area contributed by atoms with Crippen molar-refractivity contribution in [3.8, 4) is 0 Å². The van der Waals surface area contributed by atoms with Crippen LogP contribution in [0.5, 0.6) is 0 Å². The fourth-order valence-electron chi connectivity index (χ4n) is 3.07. The van der Waals surface area contributed by atoms with Gasteiger partial charge in [0.25, 0.3) is 5.69 Å². The Hall–Kier alpha value is -1.80. The lowest BCUT2D eigenvalue weighted by Gasteiger charge is -2.37. The Bertz CT molecular complexity index is 808. The van der Waals surface area contributed by atoms with Gasteiger partial charge in [-0.1, -0.05) is 15.9 Å². The van der Waals surface area contributed by atoms with Crippen molar-refractivity contribution in [1.29, 1.82) is 0 Å². The number of rotatable bonds is 4. The third kappa shape index (κ3) is 5.88. The van der Waals surface area contributed by atoms with Crippen molar-refractivity contribution < 1.29 is 36.1 Å². The summed E-state index contributed by atoms with van der Waals surface area (Å²) >= 11 is 2.77. The van der Waals surface area contributed by atoms with Crippen LogP contribution < -0.4 is 10.2 Å². The lowest BCUT2D eigenvalue weighted by molar-refractivity contribution is -0.384. The van der Waals surface area contributed by atoms with Gasteiger partial charge in [0, 0.05) is 49.8 Å². The topological polar surface area (TPSA) is 78.7 Å². The second-order valence-corrected chi connectivity index (χ2v) is 7.18. The van der Waals surface area contributed by atoms with Crippen LogP contribution in [0.25, 0.3) is 0 Å². The lowest BCUT2D eigenvalue weighted by Crippen LogP contribution is -2.56. The predicted octanol–water partition coefficient (Wildman–Crippen LogP) is 3.60. The van der Waals surface area contributed by atoms with Crippen LogP contribution in [0.4, 0.5) is 37.7 Å². The van der Waals surface area contributed by atoms with E-state index in [9.17, 15) is 41.3 Å². The van der Waals surface area contributed by atoms with E-state index < -0.39 is 57.2 Å². The number of nitro groups is 1. The molecular formula is C15H16BrClF6N4O3. The molecule has 0 bridgehead atoms. The van der Waals surface area contributed by atoms with Crippen LogP contribution in [0.3, 0.4) is 0 Å². The van der Waals surface area contributed by atoms with E-state index in [4.69, 9.17) is 0 Å². The molecule has 1 fully saturated rings. The molecule has 0 spiro atoms. The molecule has 1 N–H and O–H groups in total. The zero-order chi connectivity index (χ0) is 22.1. The van der Waals surface area contributed by atoms with E-state index in [2.05, 4.69) is 21.2 Å². The summed E-state index contributed by atoms with van der Waals surface area (Å²) in [7, 11) is 0.916. The quantitative estimate of drug-likeness (QED) is 0.366. The summed E-state index contributed by atoms with van der Waals surface area (Å²) in [5.41, 5.74) is -2.69. The van der Waals surface area contributed by atoms with Crippen molar-refractivity contribution in [3.05, 3.63) is 32.3 Å². The zero-order valence-electron chi connectivity index (χ0n) is 15.2. The van der Waals surface area contributed by atoms with Crippen molar-refractivity contribution in [2.24, 2.45) is 0 Å². The molecule has 1 aromatic rings. The highest BCUT2D eigenvalue weighted by atomic mass is 79.9. The minimum Gasteiger partial charge on any atom is -0.363 e. The van der Waals surface area contributed by atoms with Gasteiger partial charge in [0.15, 0.2) is 0 Å². The maximum Gasteiger partial charge on any atom is 0.471 e. The molecule has 15 heteroatoms. The maximum atomic E-state index is 13.6. The third-order valence-corrected chi connectivity index (χ3v) is 4.90. The van der Waals surface area contributed by atoms with Gasteiger partial charge in [0.05, 0.1) is 4.92 Å². The van der Waals surface area contributed by atoms with Gasteiger partial charge in [-0.05, 0) is 6.07 Å². The first-order chi connectivity index (χ1) is 13.2. The van der Waals surface area contributed by atoms with Crippen LogP contribution in [0.2, 0.25) is 0 Å². The molecule has 0 aliphatic carbocycles. The number of nitrogens with one attached hydrogen (secondary N) is 1. The number of piperazine rings is 1. The summed E-state index contributed by atoms with van der Waals surface area (Å²) in [5, 5.41) is 14.1. The minimum atomic E-state index is -5.09. The molecule has 1 amide bonds. The van der Waals surface area contributed by atoms with E-state index in [1.807, 2.05) is 0 Å². The molecule has 1 aliphatic heterocycles. The van der Waals surface area contributed by atoms with Crippen LogP contribution in [-0.4, -0.2) is 61.2 Å². The number of likely N-dealkylation sites (N-methyl/N-ethyl adjacent to an activating group) is 1. The molecule has 1 atom stereocenters. The van der Waals surface area contributed by atoms with Gasteiger partial charge >= 0.3 is 18.3 Å². The Morgan fingerprint density at radius 3 is 2.43 bits per heavy atom. The highest BCUT2D eigenvalue weighted by Crippen LogP contribution is 2.46. The normalized spacial score (nSPS) is 17.3. The number of anilines is 1. The van der Waals surface area contributed by atoms with E-state index in [0.717, 1.165) is 24.1 Å². The summed E-state index contributed by atoms with van der Waals surface area (Å²) < 4.78 is 78.0. The third-order valence-electron chi connectivity index (χ3n) is 4.24. The van der Waals surface area contributed by atoms with Crippen molar-refractivity contribution in [2.75, 3.05) is 38.1 Å². The van der Waals surface area contributed by atoms with E-state index in [1.165, 1.54) is 0 Å². The molecule has 2 rings (SSSR count). The first kappa shape index (κ1) is 26.2. The number of nitro benzene ring substituents is 1. The number of carbonyl (C=O) groups is 1. The molecule has 30 heavy (non-hydrogen) atoms. The van der Waals surface area contributed by atoms with Crippen molar-refractivity contribution in [2.45, 2.75) is 18.4 Å². The highest BCUT2D eigenvalue weighted by molar-refractivity contribution is 9.10. The Kier molecular flexibility index (Phi) is 8.36. The summed E-state index contributed by atoms with van der Waals surface area (Å²) in [6.07, 6.45) is -10.0. The number of carbonyl (C=O) groups excluding carboxylic acids is 1. The van der Waals surface area contributed by atoms with Gasteiger partial charge in [-0.15, -0.1) is 12.4 Å². The van der Waals surface area contributed by atoms with Gasteiger partial charge in [0.2, 0.25) is 0 Å². The molecule has 0 radical (unpaired) electrons. The largest absolute Gasteiger partial charge is 0.471 e. The predicted molar refractivity (Wildman–Crippen MR) is 101 cm³/mol. The summed E-state index contributed by atoms with van der Waals surface area (Å²) in [6.45, 7) is -0.707. The number of alkyl halides is 6. The molecule has 1 aromatic carbocycles. The van der Waals surface area contributed by atoms with E-state index in [1.54, 1.807) is 0 Å². The lowest BCUT2D eigenvalue weighted by atomic mass is 10.1. The Balaban J connectivity index is 0.00000450. The first-order valence-electron chi connectivity index (χ1n) is 8.08. The average molecular weight is 530 g/mol. The Labute approximate surface area is 181 Å². The van der Waals surface area contributed by atoms with Crippen molar-refractivity contribution in [1.82, 2.24) is 10.2 Å². The van der Waals surface area contributed by atoms with Gasteiger partial charge < -0.3 is 15.1 Å². The Morgan fingerprint density at radius 2 is 1.93 bits per heavy atom. The maximum absolute atomic E-state index is 13.6. The van der Waals surface area contributed by atoms with Gasteiger partial charge in [-0.2, -0.15) is 26.3 Å².